The number of anilines is 1. The molecular formula is C22H22N4O9S2. The molecule has 196 valence electrons. The van der Waals surface area contributed by atoms with Crippen LogP contribution in [0.3, 0.4) is 0 Å². The van der Waals surface area contributed by atoms with Crippen LogP contribution in [-0.4, -0.2) is 61.7 Å². The second-order valence-electron chi connectivity index (χ2n) is 8.17. The Morgan fingerprint density at radius 3 is 2.43 bits per heavy atom. The maximum absolute atomic E-state index is 13.4. The summed E-state index contributed by atoms with van der Waals surface area (Å²) in [5, 5.41) is 29.1. The number of primary amides is 1. The molecule has 4 N–H and O–H groups in total. The quantitative estimate of drug-likeness (QED) is 0.237. The van der Waals surface area contributed by atoms with Crippen LogP contribution in [0.25, 0.3) is 0 Å². The second-order valence-corrected chi connectivity index (χ2v) is 9.79. The summed E-state index contributed by atoms with van der Waals surface area (Å²) in [5.74, 6) is -2.32. The number of imide groups is 1. The van der Waals surface area contributed by atoms with Crippen molar-refractivity contribution >= 4 is 63.3 Å². The number of ether oxygens (including phenoxy) is 1. The highest BCUT2D eigenvalue weighted by molar-refractivity contribution is 7.80. The van der Waals surface area contributed by atoms with Gasteiger partial charge in [-0.15, -0.1) is 11.3 Å². The van der Waals surface area contributed by atoms with E-state index in [-0.39, 0.29) is 48.2 Å². The predicted molar refractivity (Wildman–Crippen MR) is 134 cm³/mol. The molecule has 13 nitrogen and oxygen atoms in total. The number of carbonyl (C=O) groups is 4. The highest BCUT2D eigenvalue weighted by Gasteiger charge is 2.44. The van der Waals surface area contributed by atoms with E-state index in [1.54, 1.807) is 0 Å². The molecule has 0 radical (unpaired) electrons. The molecule has 1 aliphatic rings. The van der Waals surface area contributed by atoms with E-state index in [4.69, 9.17) is 27.8 Å². The van der Waals surface area contributed by atoms with Crippen LogP contribution in [-0.2, 0) is 27.4 Å². The van der Waals surface area contributed by atoms with Gasteiger partial charge in [-0.05, 0) is 54.4 Å². The number of aliphatic hydroxyl groups is 1. The average Bonchev–Trinajstić information content (AvgIpc) is 3.44. The Bertz CT molecular complexity index is 1230. The lowest BCUT2D eigenvalue weighted by molar-refractivity contribution is -0.384. The molecule has 3 rings (SSSR count). The fourth-order valence-corrected chi connectivity index (χ4v) is 5.14. The molecule has 37 heavy (non-hydrogen) atoms. The molecular weight excluding hydrogens is 528 g/mol. The number of nitro groups is 1. The van der Waals surface area contributed by atoms with Crippen molar-refractivity contribution in [1.29, 1.82) is 0 Å². The number of carboxylic acid groups (broad SMARTS) is 1. The number of rotatable bonds is 9. The first-order chi connectivity index (χ1) is 17.5. The van der Waals surface area contributed by atoms with E-state index in [1.807, 2.05) is 0 Å². The van der Waals surface area contributed by atoms with Gasteiger partial charge in [0.2, 0.25) is 0 Å². The van der Waals surface area contributed by atoms with E-state index in [1.165, 1.54) is 36.4 Å². The minimum absolute atomic E-state index is 0.00247. The van der Waals surface area contributed by atoms with Gasteiger partial charge in [-0.25, -0.2) is 14.5 Å². The average molecular weight is 551 g/mol. The molecule has 1 aromatic heterocycles. The molecule has 2 heterocycles. The standard InChI is InChI=1S/C22H22N4O9S2/c23-21(31)25(17-6-5-15(37-17)9-18(27)28)20(30)16-7-13(8-19(29)36)10-24(16)22(32)35-11-12-1-3-14(4-2-12)26(33)34/h1-6,13,16H,7-11H2,(H2,23,31)(H,27,28)(H,29,36)/t13-,16-/m0/s1. The number of hydrogen-bond acceptors (Lipinski definition) is 9. The third kappa shape index (κ3) is 6.98. The van der Waals surface area contributed by atoms with Gasteiger partial charge in [-0.2, -0.15) is 0 Å². The molecule has 0 unspecified atom stereocenters. The van der Waals surface area contributed by atoms with Gasteiger partial charge in [0, 0.05) is 30.0 Å². The van der Waals surface area contributed by atoms with E-state index >= 15 is 0 Å². The van der Waals surface area contributed by atoms with Crippen LogP contribution in [0, 0.1) is 16.0 Å². The molecule has 4 amide bonds. The van der Waals surface area contributed by atoms with Crippen LogP contribution in [0.2, 0.25) is 0 Å². The maximum atomic E-state index is 13.4. The first-order valence-corrected chi connectivity index (χ1v) is 12.0. The molecule has 0 saturated carbocycles. The number of urea groups is 1. The zero-order valence-electron chi connectivity index (χ0n) is 19.1. The van der Waals surface area contributed by atoms with Crippen molar-refractivity contribution in [2.75, 3.05) is 11.4 Å². The monoisotopic (exact) mass is 550 g/mol. The van der Waals surface area contributed by atoms with Crippen molar-refractivity contribution in [3.8, 4) is 0 Å². The molecule has 15 heteroatoms. The lowest BCUT2D eigenvalue weighted by atomic mass is 10.0. The van der Waals surface area contributed by atoms with E-state index in [0.29, 0.717) is 15.3 Å². The number of amides is 4. The molecule has 1 fully saturated rings. The van der Waals surface area contributed by atoms with Gasteiger partial charge < -0.3 is 20.7 Å². The van der Waals surface area contributed by atoms with Crippen molar-refractivity contribution in [1.82, 2.24) is 4.90 Å². The van der Waals surface area contributed by atoms with Crippen molar-refractivity contribution in [2.24, 2.45) is 11.7 Å². The first-order valence-electron chi connectivity index (χ1n) is 10.8. The van der Waals surface area contributed by atoms with Gasteiger partial charge in [0.1, 0.15) is 17.6 Å². The lowest BCUT2D eigenvalue weighted by Gasteiger charge is -2.27. The van der Waals surface area contributed by atoms with Gasteiger partial charge >= 0.3 is 18.1 Å². The van der Waals surface area contributed by atoms with Gasteiger partial charge in [-0.3, -0.25) is 24.6 Å². The number of nitro benzene ring substituents is 1. The predicted octanol–water partition coefficient (Wildman–Crippen LogP) is 3.00. The molecule has 0 spiro atoms. The molecule has 1 aromatic carbocycles. The van der Waals surface area contributed by atoms with Crippen LogP contribution < -0.4 is 10.6 Å². The van der Waals surface area contributed by atoms with Crippen molar-refractivity contribution in [3.05, 3.63) is 57.0 Å². The Labute approximate surface area is 219 Å². The summed E-state index contributed by atoms with van der Waals surface area (Å²) in [6, 6.07) is 5.90. The molecule has 1 aliphatic heterocycles. The Balaban J connectivity index is 1.80. The maximum Gasteiger partial charge on any atom is 0.410 e. The topological polar surface area (TPSA) is 194 Å². The largest absolute Gasteiger partial charge is 0.502 e. The Morgan fingerprint density at radius 1 is 1.19 bits per heavy atom. The van der Waals surface area contributed by atoms with Gasteiger partial charge in [0.05, 0.1) is 11.3 Å². The van der Waals surface area contributed by atoms with Crippen LogP contribution in [0.15, 0.2) is 36.4 Å². The minimum Gasteiger partial charge on any atom is -0.502 e. The Kier molecular flexibility index (Phi) is 8.73. The molecule has 1 saturated heterocycles. The van der Waals surface area contributed by atoms with Gasteiger partial charge in [0.15, 0.2) is 5.05 Å². The number of nitrogens with two attached hydrogens (primary N) is 1. The number of likely N-dealkylation sites (tertiary alicyclic amines) is 1. The summed E-state index contributed by atoms with van der Waals surface area (Å²) in [5.41, 5.74) is 5.81. The molecule has 2 atom stereocenters. The van der Waals surface area contributed by atoms with E-state index in [0.717, 1.165) is 16.2 Å². The fraction of sp³-hybridized carbons (Fsp3) is 0.318. The number of aliphatic carboxylic acids is 1. The minimum atomic E-state index is -1.18. The first kappa shape index (κ1) is 27.5. The third-order valence-corrected chi connectivity index (χ3v) is 6.75. The highest BCUT2D eigenvalue weighted by Crippen LogP contribution is 2.32. The smallest absolute Gasteiger partial charge is 0.410 e. The Morgan fingerprint density at radius 2 is 1.86 bits per heavy atom. The van der Waals surface area contributed by atoms with Crippen LogP contribution in [0.1, 0.15) is 23.3 Å². The molecule has 0 aliphatic carbocycles. The van der Waals surface area contributed by atoms with Crippen molar-refractivity contribution in [3.63, 3.8) is 0 Å². The summed E-state index contributed by atoms with van der Waals surface area (Å²) >= 11 is 5.65. The van der Waals surface area contributed by atoms with Crippen molar-refractivity contribution < 1.29 is 39.1 Å². The van der Waals surface area contributed by atoms with Gasteiger partial charge in [-0.1, -0.05) is 0 Å². The summed E-state index contributed by atoms with van der Waals surface area (Å²) in [6.07, 6.45) is -1.11. The second kappa shape index (κ2) is 11.7. The number of carboxylic acids is 1. The normalized spacial score (nSPS) is 16.7. The fourth-order valence-electron chi connectivity index (χ4n) is 3.90. The Hall–Kier alpha value is -4.11. The molecule has 2 aromatic rings. The molecule has 0 bridgehead atoms. The number of benzene rings is 1. The summed E-state index contributed by atoms with van der Waals surface area (Å²) in [7, 11) is 0. The van der Waals surface area contributed by atoms with Crippen LogP contribution in [0.4, 0.5) is 20.3 Å². The van der Waals surface area contributed by atoms with E-state index < -0.39 is 40.9 Å². The van der Waals surface area contributed by atoms with Crippen molar-refractivity contribution in [2.45, 2.75) is 31.9 Å². The summed E-state index contributed by atoms with van der Waals surface area (Å²) in [6.45, 7) is -0.238. The number of aliphatic hydroxyl groups excluding tert-OH is 1. The number of non-ortho nitro benzene ring substituents is 1. The van der Waals surface area contributed by atoms with E-state index in [9.17, 15) is 34.4 Å². The van der Waals surface area contributed by atoms with Crippen LogP contribution in [0.5, 0.6) is 0 Å². The lowest BCUT2D eigenvalue weighted by Crippen LogP contribution is -2.51. The number of thiophene rings is 1. The van der Waals surface area contributed by atoms with Crippen LogP contribution >= 0.6 is 23.6 Å². The highest BCUT2D eigenvalue weighted by atomic mass is 32.1. The third-order valence-electron chi connectivity index (χ3n) is 5.51. The van der Waals surface area contributed by atoms with E-state index in [2.05, 4.69) is 0 Å². The number of thiocarbonyl (C=S) groups is 1. The zero-order chi connectivity index (χ0) is 27.3. The van der Waals surface area contributed by atoms with Gasteiger partial charge in [0.25, 0.3) is 11.6 Å². The zero-order valence-corrected chi connectivity index (χ0v) is 20.8. The SMILES string of the molecule is NC(=O)N(C(=O)[C@@H]1C[C@@H](CC(O)=S)CN1C(=O)OCc1ccc([N+](=O)[O-])cc1)c1ccc(CC(=O)O)s1. The number of hydrogen-bond donors (Lipinski definition) is 3. The summed E-state index contributed by atoms with van der Waals surface area (Å²) in [4.78, 5) is 62.0. The number of carbonyl (C=O) groups excluding carboxylic acids is 3. The summed E-state index contributed by atoms with van der Waals surface area (Å²) < 4.78 is 5.31. The number of nitrogens with zero attached hydrogens (tertiary/aromatic N) is 3.